The molecule has 84 heavy (non-hydrogen) atoms. The second-order valence-electron chi connectivity index (χ2n) is 24.4. The Hall–Kier alpha value is -4.49. The highest BCUT2D eigenvalue weighted by Crippen LogP contribution is 2.58. The lowest BCUT2D eigenvalue weighted by Crippen LogP contribution is -2.62. The van der Waals surface area contributed by atoms with E-state index >= 15 is 4.79 Å². The second kappa shape index (κ2) is 26.9. The number of ketones is 1. The first-order valence-corrected chi connectivity index (χ1v) is 35.4. The maximum atomic E-state index is 17.6. The number of fused-ring (bicyclic) bond motifs is 5. The summed E-state index contributed by atoms with van der Waals surface area (Å²) in [6.45, 7) is 5.29. The molecule has 0 spiro atoms. The molecule has 11 unspecified atom stereocenters. The van der Waals surface area contributed by atoms with E-state index in [1.807, 2.05) is 62.8 Å². The van der Waals surface area contributed by atoms with Gasteiger partial charge in [0, 0.05) is 78.1 Å². The Bertz CT molecular complexity index is 3250. The van der Waals surface area contributed by atoms with Gasteiger partial charge in [-0.15, -0.1) is 0 Å². The fraction of sp³-hybridized carbons (Fsp3) is 0.515. The van der Waals surface area contributed by atoms with Gasteiger partial charge in [-0.3, -0.25) is 4.79 Å². The number of aromatic amines is 1. The van der Waals surface area contributed by atoms with Crippen molar-refractivity contribution in [3.63, 3.8) is 0 Å². The molecule has 3 fully saturated rings. The van der Waals surface area contributed by atoms with Crippen LogP contribution in [-0.4, -0.2) is 111 Å². The van der Waals surface area contributed by atoms with Crippen LogP contribution in [0.5, 0.6) is 28.7 Å². The average Bonchev–Trinajstić information content (AvgIpc) is 0.859. The van der Waals surface area contributed by atoms with Gasteiger partial charge < -0.3 is 55.2 Å². The molecule has 0 amide bonds. The molecule has 6 aromatic rings. The molecule has 5 aromatic carbocycles. The summed E-state index contributed by atoms with van der Waals surface area (Å²) in [6, 6.07) is 27.2. The number of hydrogen-bond acceptors (Lipinski definition) is 15. The molecule has 16 heteroatoms. The van der Waals surface area contributed by atoms with Crippen LogP contribution >= 0.6 is 43.2 Å². The van der Waals surface area contributed by atoms with Gasteiger partial charge in [-0.25, -0.2) is 0 Å². The Morgan fingerprint density at radius 2 is 1.63 bits per heavy atom. The third-order valence-corrected chi connectivity index (χ3v) is 25.2. The molecule has 3 aliphatic carbocycles. The summed E-state index contributed by atoms with van der Waals surface area (Å²) in [5.41, 5.74) is 5.61. The Kier molecular flexibility index (Phi) is 19.6. The monoisotopic (exact) mass is 1220 g/mol. The molecule has 11 atom stereocenters. The largest absolute Gasteiger partial charge is 0.508 e. The van der Waals surface area contributed by atoms with Crippen LogP contribution in [0.3, 0.4) is 0 Å². The SMILES string of the molecule is CCOCC1CCC2CSSCC(C3(c4cc(O)cc(C5(NC)CCCCC5)c4)C(=O)C4C(CSSC(CO)c5cccc6ccc(CC)c(c56)Cc5c(ccc(O)c5OC)CC(Cc5cc[nH]c5)C4O)CC3O)c3ccc(O)c(c3)OC2C1. The summed E-state index contributed by atoms with van der Waals surface area (Å²) >= 11 is 0. The normalized spacial score (nSPS) is 28.5. The van der Waals surface area contributed by atoms with Gasteiger partial charge in [0.2, 0.25) is 0 Å². The van der Waals surface area contributed by atoms with E-state index in [4.69, 9.17) is 14.2 Å². The van der Waals surface area contributed by atoms with Crippen LogP contribution in [0.2, 0.25) is 0 Å². The molecule has 3 heterocycles. The Balaban J connectivity index is 1.11. The topological polar surface area (TPSA) is 194 Å². The minimum absolute atomic E-state index is 0.000383. The number of ether oxygens (including phenoxy) is 3. The quantitative estimate of drug-likeness (QED) is 0.0539. The van der Waals surface area contributed by atoms with Crippen molar-refractivity contribution in [1.82, 2.24) is 10.3 Å². The molecule has 2 aliphatic heterocycles. The number of phenolic OH excluding ortho intramolecular Hbond substituents is 3. The predicted octanol–water partition coefficient (Wildman–Crippen LogP) is 12.9. The van der Waals surface area contributed by atoms with E-state index in [1.165, 1.54) is 0 Å². The molecule has 12 nitrogen and oxygen atoms in total. The zero-order chi connectivity index (χ0) is 58.7. The number of aliphatic hydroxyl groups is 3. The number of carbonyl (C=O) groups excluding carboxylic acids is 1. The number of Topliss-reactive ketones (excluding diaryl/α,β-unsaturated/α-hetero) is 1. The van der Waals surface area contributed by atoms with Gasteiger partial charge in [-0.1, -0.05) is 118 Å². The predicted molar refractivity (Wildman–Crippen MR) is 342 cm³/mol. The average molecular weight is 1220 g/mol. The molecule has 3 saturated carbocycles. The summed E-state index contributed by atoms with van der Waals surface area (Å²) in [7, 11) is 10.1. The van der Waals surface area contributed by atoms with E-state index in [0.717, 1.165) is 113 Å². The highest BCUT2D eigenvalue weighted by Gasteiger charge is 2.62. The van der Waals surface area contributed by atoms with Crippen LogP contribution < -0.4 is 14.8 Å². The standard InChI is InChI=1S/C68H84N2O10S4/c1-5-42-15-16-43-11-10-12-52-60(35-71)84-83-38-48-29-61(75)68(50-30-49(31-51(72)32-50)67(69-3)22-8-7-9-23-67,55-39-82-81-37-46-14-13-41(36-79-6-2)26-58(46)80-59-28-45(55)18-19-56(59)73)66(77)63(48)64(76)47(25-40-21-24-70-34-40)27-44-17-20-57(74)65(78-4)54(44)33-53(42)62(43)52/h10-12,15-21,24,28,30-32,34,41,46-48,55,58,60-61,63-64,69-76H,5-9,13-14,22-23,25-27,29,33,35-39H2,1-4H3. The first-order chi connectivity index (χ1) is 40.8. The van der Waals surface area contributed by atoms with Crippen LogP contribution in [0.25, 0.3) is 10.8 Å². The van der Waals surface area contributed by atoms with Gasteiger partial charge in [0.1, 0.15) is 11.9 Å². The zero-order valence-corrected chi connectivity index (χ0v) is 52.2. The fourth-order valence-electron chi connectivity index (χ4n) is 15.4. The van der Waals surface area contributed by atoms with Gasteiger partial charge in [-0.2, -0.15) is 0 Å². The van der Waals surface area contributed by atoms with Crippen LogP contribution in [0.1, 0.15) is 133 Å². The number of nitrogens with one attached hydrogen (secondary N) is 2. The summed E-state index contributed by atoms with van der Waals surface area (Å²) < 4.78 is 19.1. The number of methoxy groups -OCH3 is 1. The Morgan fingerprint density at radius 3 is 2.39 bits per heavy atom. The molecular formula is C68H84N2O10S4. The number of aromatic nitrogens is 1. The molecule has 0 saturated heterocycles. The number of carbonyl (C=O) groups is 1. The maximum Gasteiger partial charge on any atom is 0.164 e. The smallest absolute Gasteiger partial charge is 0.164 e. The van der Waals surface area contributed by atoms with Crippen molar-refractivity contribution >= 4 is 59.7 Å². The van der Waals surface area contributed by atoms with E-state index in [-0.39, 0.29) is 53.3 Å². The van der Waals surface area contributed by atoms with Crippen molar-refractivity contribution in [2.24, 2.45) is 29.6 Å². The number of aryl methyl sites for hydroxylation is 1. The van der Waals surface area contributed by atoms with Gasteiger partial charge in [-0.05, 0) is 181 Å². The summed E-state index contributed by atoms with van der Waals surface area (Å²) in [5.74, 6) is -0.493. The van der Waals surface area contributed by atoms with Gasteiger partial charge in [0.05, 0.1) is 36.6 Å². The van der Waals surface area contributed by atoms with Gasteiger partial charge >= 0.3 is 0 Å². The number of aromatic hydroxyl groups is 3. The van der Waals surface area contributed by atoms with Gasteiger partial charge in [0.25, 0.3) is 0 Å². The zero-order valence-electron chi connectivity index (χ0n) is 48.9. The molecule has 2 bridgehead atoms. The van der Waals surface area contributed by atoms with E-state index in [9.17, 15) is 30.6 Å². The molecule has 5 aliphatic rings. The van der Waals surface area contributed by atoms with Gasteiger partial charge in [0.15, 0.2) is 28.8 Å². The number of phenols is 3. The molecule has 0 radical (unpaired) electrons. The van der Waals surface area contributed by atoms with Crippen molar-refractivity contribution < 1.29 is 49.6 Å². The van der Waals surface area contributed by atoms with Crippen molar-refractivity contribution in [2.45, 2.75) is 138 Å². The van der Waals surface area contributed by atoms with E-state index in [0.29, 0.717) is 72.5 Å². The molecule has 8 N–H and O–H groups in total. The lowest BCUT2D eigenvalue weighted by Gasteiger charge is -2.53. The summed E-state index contributed by atoms with van der Waals surface area (Å²) in [5, 5.41) is 80.4. The van der Waals surface area contributed by atoms with Crippen molar-refractivity contribution in [2.75, 3.05) is 51.2 Å². The minimum Gasteiger partial charge on any atom is -0.508 e. The number of rotatable bonds is 12. The Morgan fingerprint density at radius 1 is 0.833 bits per heavy atom. The number of H-pyrrole nitrogens is 1. The highest BCUT2D eigenvalue weighted by molar-refractivity contribution is 8.77. The lowest BCUT2D eigenvalue weighted by atomic mass is 9.52. The number of hydrogen-bond donors (Lipinski definition) is 8. The van der Waals surface area contributed by atoms with Crippen LogP contribution in [0, 0.1) is 29.6 Å². The first kappa shape index (κ1) is 61.2. The highest BCUT2D eigenvalue weighted by atomic mass is 33.1. The molecular weight excluding hydrogens is 1130 g/mol. The van der Waals surface area contributed by atoms with Crippen LogP contribution in [-0.2, 0) is 46.2 Å². The summed E-state index contributed by atoms with van der Waals surface area (Å²) in [6.07, 6.45) is 10.5. The minimum atomic E-state index is -1.75. The number of benzene rings is 5. The fourth-order valence-corrected chi connectivity index (χ4v) is 21.1. The molecule has 11 rings (SSSR count). The Labute approximate surface area is 511 Å². The van der Waals surface area contributed by atoms with E-state index in [1.54, 1.807) is 68.5 Å². The van der Waals surface area contributed by atoms with Crippen molar-refractivity contribution in [3.8, 4) is 28.7 Å². The molecule has 450 valence electrons. The van der Waals surface area contributed by atoms with E-state index < -0.39 is 46.8 Å². The van der Waals surface area contributed by atoms with Crippen LogP contribution in [0.15, 0.2) is 97.3 Å². The third kappa shape index (κ3) is 12.0. The number of aliphatic hydroxyl groups excluding tert-OH is 3. The lowest BCUT2D eigenvalue weighted by molar-refractivity contribution is -0.150. The summed E-state index contributed by atoms with van der Waals surface area (Å²) in [4.78, 5) is 20.9. The van der Waals surface area contributed by atoms with Crippen molar-refractivity contribution in [1.29, 1.82) is 0 Å². The third-order valence-electron chi connectivity index (χ3n) is 19.8. The molecule has 1 aromatic heterocycles. The maximum absolute atomic E-state index is 17.6. The first-order valence-electron chi connectivity index (χ1n) is 30.5. The van der Waals surface area contributed by atoms with Crippen molar-refractivity contribution in [3.05, 3.63) is 147 Å². The van der Waals surface area contributed by atoms with E-state index in [2.05, 4.69) is 47.6 Å². The second-order valence-corrected chi connectivity index (χ2v) is 29.6. The van der Waals surface area contributed by atoms with Crippen LogP contribution in [0.4, 0.5) is 0 Å².